The van der Waals surface area contributed by atoms with E-state index in [1.54, 1.807) is 0 Å². The molecule has 0 spiro atoms. The molecule has 0 aromatic carbocycles. The Labute approximate surface area is 139 Å². The zero-order valence-corrected chi connectivity index (χ0v) is 14.3. The van der Waals surface area contributed by atoms with Gasteiger partial charge in [-0.1, -0.05) is 39.5 Å². The molecule has 1 aliphatic rings. The Morgan fingerprint density at radius 3 is 2.00 bits per heavy atom. The maximum Gasteiger partial charge on any atom is 0.306 e. The molecule has 0 heterocycles. The number of carbonyl (C=O) groups excluding carboxylic acids is 3. The number of rotatable bonds is 11. The van der Waals surface area contributed by atoms with E-state index in [2.05, 4.69) is 13.8 Å². The Balaban J connectivity index is 2.36. The molecule has 0 bridgehead atoms. The molecule has 0 aliphatic heterocycles. The Bertz CT molecular complexity index is 380. The van der Waals surface area contributed by atoms with Crippen molar-refractivity contribution in [2.24, 2.45) is 5.92 Å². The predicted octanol–water partition coefficient (Wildman–Crippen LogP) is 3.49. The Kier molecular flexibility index (Phi) is 9.57. The zero-order chi connectivity index (χ0) is 17.1. The van der Waals surface area contributed by atoms with Crippen LogP contribution in [0.3, 0.4) is 0 Å². The van der Waals surface area contributed by atoms with E-state index in [-0.39, 0.29) is 18.0 Å². The van der Waals surface area contributed by atoms with E-state index in [0.717, 1.165) is 38.5 Å². The number of ether oxygens (including phenoxy) is 2. The van der Waals surface area contributed by atoms with E-state index in [4.69, 9.17) is 9.47 Å². The van der Waals surface area contributed by atoms with E-state index in [9.17, 15) is 14.4 Å². The van der Waals surface area contributed by atoms with Crippen LogP contribution >= 0.6 is 0 Å². The van der Waals surface area contributed by atoms with Crippen molar-refractivity contribution in [3.8, 4) is 0 Å². The number of esters is 2. The molecule has 0 aromatic heterocycles. The molecule has 1 radical (unpaired) electrons. The number of unbranched alkanes of at least 4 members (excludes halogenated alkanes) is 4. The lowest BCUT2D eigenvalue weighted by atomic mass is 10.1. The molecule has 5 heteroatoms. The summed E-state index contributed by atoms with van der Waals surface area (Å²) in [6, 6.07) is 0. The van der Waals surface area contributed by atoms with Crippen LogP contribution in [0.15, 0.2) is 0 Å². The van der Waals surface area contributed by atoms with E-state index in [0.29, 0.717) is 25.7 Å². The van der Waals surface area contributed by atoms with E-state index >= 15 is 0 Å². The predicted molar refractivity (Wildman–Crippen MR) is 86.5 cm³/mol. The lowest BCUT2D eigenvalue weighted by Gasteiger charge is -2.15. The van der Waals surface area contributed by atoms with Gasteiger partial charge in [-0.2, -0.15) is 0 Å². The summed E-state index contributed by atoms with van der Waals surface area (Å²) in [4.78, 5) is 34.6. The minimum Gasteiger partial charge on any atom is -0.462 e. The molecular formula is C18H29O5. The summed E-state index contributed by atoms with van der Waals surface area (Å²) in [5.74, 6) is -1.000. The first-order chi connectivity index (χ1) is 11.1. The van der Waals surface area contributed by atoms with E-state index in [1.165, 1.54) is 0 Å². The van der Waals surface area contributed by atoms with Crippen molar-refractivity contribution in [2.75, 3.05) is 0 Å². The van der Waals surface area contributed by atoms with Crippen LogP contribution in [0, 0.1) is 5.92 Å². The number of hydrogen-bond acceptors (Lipinski definition) is 5. The molecule has 0 aromatic rings. The number of carbonyl (C=O) groups is 2. The molecule has 0 N–H and O–H groups in total. The third-order valence-electron chi connectivity index (χ3n) is 4.16. The largest absolute Gasteiger partial charge is 0.462 e. The average Bonchev–Trinajstić information content (AvgIpc) is 2.89. The van der Waals surface area contributed by atoms with Crippen LogP contribution in [-0.4, -0.2) is 30.4 Å². The van der Waals surface area contributed by atoms with Gasteiger partial charge in [0.25, 0.3) is 0 Å². The molecule has 131 valence electrons. The first-order valence-electron chi connectivity index (χ1n) is 8.87. The third-order valence-corrected chi connectivity index (χ3v) is 4.16. The van der Waals surface area contributed by atoms with Crippen LogP contribution in [0.4, 0.5) is 0 Å². The molecule has 5 nitrogen and oxygen atoms in total. The summed E-state index contributed by atoms with van der Waals surface area (Å²) in [6.45, 7) is 4.14. The SMILES string of the molecule is CCCCCC(=O)OC1CC([C]=O)C(OC(=O)CCCCC)C1. The molecule has 1 saturated carbocycles. The highest BCUT2D eigenvalue weighted by Gasteiger charge is 2.39. The lowest BCUT2D eigenvalue weighted by Crippen LogP contribution is -2.23. The molecule has 23 heavy (non-hydrogen) atoms. The van der Waals surface area contributed by atoms with Crippen LogP contribution in [0.1, 0.15) is 78.1 Å². The van der Waals surface area contributed by atoms with Gasteiger partial charge in [0.15, 0.2) is 0 Å². The minimum atomic E-state index is -0.505. The maximum atomic E-state index is 11.8. The second-order valence-electron chi connectivity index (χ2n) is 6.25. The van der Waals surface area contributed by atoms with Gasteiger partial charge in [-0.05, 0) is 19.3 Å². The molecule has 1 fully saturated rings. The van der Waals surface area contributed by atoms with Crippen molar-refractivity contribution in [3.05, 3.63) is 0 Å². The number of hydrogen-bond donors (Lipinski definition) is 0. The second-order valence-corrected chi connectivity index (χ2v) is 6.25. The van der Waals surface area contributed by atoms with Crippen LogP contribution < -0.4 is 0 Å². The zero-order valence-electron chi connectivity index (χ0n) is 14.3. The maximum absolute atomic E-state index is 11.8. The standard InChI is InChI=1S/C18H29O5/c1-3-5-7-9-17(20)22-15-11-14(13-19)16(12-15)23-18(21)10-8-6-4-2/h14-16H,3-12H2,1-2H3. The van der Waals surface area contributed by atoms with Crippen LogP contribution in [0.5, 0.6) is 0 Å². The normalized spacial score (nSPS) is 23.5. The average molecular weight is 325 g/mol. The highest BCUT2D eigenvalue weighted by Crippen LogP contribution is 2.30. The van der Waals surface area contributed by atoms with Gasteiger partial charge in [-0.25, -0.2) is 0 Å². The first-order valence-corrected chi connectivity index (χ1v) is 8.87. The van der Waals surface area contributed by atoms with Crippen molar-refractivity contribution in [1.29, 1.82) is 0 Å². The van der Waals surface area contributed by atoms with Crippen molar-refractivity contribution >= 4 is 18.2 Å². The van der Waals surface area contributed by atoms with Gasteiger partial charge in [0.05, 0.1) is 5.92 Å². The molecular weight excluding hydrogens is 296 g/mol. The highest BCUT2D eigenvalue weighted by atomic mass is 16.6. The van der Waals surface area contributed by atoms with Crippen molar-refractivity contribution in [1.82, 2.24) is 0 Å². The fourth-order valence-electron chi connectivity index (χ4n) is 2.82. The minimum absolute atomic E-state index is 0.233. The van der Waals surface area contributed by atoms with Crippen LogP contribution in [0.2, 0.25) is 0 Å². The Morgan fingerprint density at radius 1 is 0.913 bits per heavy atom. The Hall–Kier alpha value is -1.39. The van der Waals surface area contributed by atoms with Gasteiger partial charge in [0.1, 0.15) is 12.2 Å². The van der Waals surface area contributed by atoms with Gasteiger partial charge in [-0.3, -0.25) is 14.4 Å². The third kappa shape index (κ3) is 7.62. The summed E-state index contributed by atoms with van der Waals surface area (Å²) in [5.41, 5.74) is 0. The van der Waals surface area contributed by atoms with Gasteiger partial charge in [0.2, 0.25) is 6.29 Å². The smallest absolute Gasteiger partial charge is 0.306 e. The van der Waals surface area contributed by atoms with Crippen molar-refractivity contribution < 1.29 is 23.9 Å². The topological polar surface area (TPSA) is 69.7 Å². The highest BCUT2D eigenvalue weighted by molar-refractivity contribution is 5.71. The monoisotopic (exact) mass is 325 g/mol. The van der Waals surface area contributed by atoms with Crippen LogP contribution in [0.25, 0.3) is 0 Å². The summed E-state index contributed by atoms with van der Waals surface area (Å²) >= 11 is 0. The van der Waals surface area contributed by atoms with Gasteiger partial charge in [-0.15, -0.1) is 0 Å². The second kappa shape index (κ2) is 11.2. The summed E-state index contributed by atoms with van der Waals surface area (Å²) in [7, 11) is 0. The van der Waals surface area contributed by atoms with E-state index in [1.807, 2.05) is 6.29 Å². The molecule has 3 atom stereocenters. The summed E-state index contributed by atoms with van der Waals surface area (Å²) in [5, 5.41) is 0. The molecule has 1 rings (SSSR count). The van der Waals surface area contributed by atoms with Crippen molar-refractivity contribution in [3.63, 3.8) is 0 Å². The van der Waals surface area contributed by atoms with Crippen molar-refractivity contribution in [2.45, 2.75) is 90.3 Å². The molecule has 0 saturated heterocycles. The van der Waals surface area contributed by atoms with Gasteiger partial charge >= 0.3 is 11.9 Å². The van der Waals surface area contributed by atoms with Gasteiger partial charge < -0.3 is 9.47 Å². The molecule has 1 aliphatic carbocycles. The van der Waals surface area contributed by atoms with Gasteiger partial charge in [0, 0.05) is 19.3 Å². The Morgan fingerprint density at radius 2 is 1.48 bits per heavy atom. The molecule has 0 amide bonds. The summed E-state index contributed by atoms with van der Waals surface area (Å²) < 4.78 is 10.8. The molecule has 3 unspecified atom stereocenters. The van der Waals surface area contributed by atoms with E-state index < -0.39 is 12.0 Å². The lowest BCUT2D eigenvalue weighted by molar-refractivity contribution is -0.151. The summed E-state index contributed by atoms with van der Waals surface area (Å²) in [6.07, 6.45) is 8.35. The fraction of sp³-hybridized carbons (Fsp3) is 0.833. The van der Waals surface area contributed by atoms with Crippen LogP contribution in [-0.2, 0) is 23.9 Å². The quantitative estimate of drug-likeness (QED) is 0.429. The fourth-order valence-corrected chi connectivity index (χ4v) is 2.82. The first kappa shape index (κ1) is 19.7.